The number of carbonyl (C=O) groups excluding carboxylic acids is 1. The fourth-order valence-electron chi connectivity index (χ4n) is 3.84. The van der Waals surface area contributed by atoms with Crippen molar-refractivity contribution in [3.05, 3.63) is 33.8 Å². The molecule has 0 aliphatic carbocycles. The van der Waals surface area contributed by atoms with Crippen LogP contribution in [0.4, 0.5) is 0 Å². The van der Waals surface area contributed by atoms with Gasteiger partial charge in [-0.05, 0) is 49.9 Å². The molecule has 1 atom stereocenters. The maximum Gasteiger partial charge on any atom is 0.226 e. The van der Waals surface area contributed by atoms with Gasteiger partial charge in [0.05, 0.1) is 5.92 Å². The van der Waals surface area contributed by atoms with Crippen molar-refractivity contribution in [2.75, 3.05) is 26.2 Å². The maximum atomic E-state index is 12.9. The van der Waals surface area contributed by atoms with Crippen molar-refractivity contribution in [2.24, 2.45) is 5.92 Å². The molecule has 0 radical (unpaired) electrons. The Labute approximate surface area is 154 Å². The van der Waals surface area contributed by atoms with E-state index in [0.29, 0.717) is 16.0 Å². The number of hydrogen-bond donors (Lipinski definition) is 0. The highest BCUT2D eigenvalue weighted by Crippen LogP contribution is 2.26. The first kappa shape index (κ1) is 18.0. The molecule has 3 nitrogen and oxygen atoms in total. The Morgan fingerprint density at radius 2 is 1.79 bits per heavy atom. The maximum absolute atomic E-state index is 12.9. The number of halogens is 2. The Morgan fingerprint density at radius 3 is 2.50 bits per heavy atom. The van der Waals surface area contributed by atoms with E-state index in [1.165, 1.54) is 12.8 Å². The standard InChI is InChI=1S/C19H26Cl2N2O/c20-17-8-7-15(18(21)12-17)13-22-9-5-6-16(14-22)19(24)23-10-3-1-2-4-11-23/h7-8,12,16H,1-6,9-11,13-14H2/t16-/m0/s1. The highest BCUT2D eigenvalue weighted by molar-refractivity contribution is 6.35. The van der Waals surface area contributed by atoms with Crippen molar-refractivity contribution in [1.29, 1.82) is 0 Å². The van der Waals surface area contributed by atoms with Crippen LogP contribution in [0.2, 0.25) is 10.0 Å². The third-order valence-electron chi connectivity index (χ3n) is 5.18. The molecule has 2 aliphatic heterocycles. The van der Waals surface area contributed by atoms with Gasteiger partial charge in [-0.3, -0.25) is 9.69 Å². The molecule has 0 saturated carbocycles. The first-order valence-electron chi connectivity index (χ1n) is 9.08. The van der Waals surface area contributed by atoms with E-state index < -0.39 is 0 Å². The van der Waals surface area contributed by atoms with E-state index >= 15 is 0 Å². The minimum atomic E-state index is 0.142. The number of benzene rings is 1. The van der Waals surface area contributed by atoms with Gasteiger partial charge in [0.15, 0.2) is 0 Å². The van der Waals surface area contributed by atoms with Crippen LogP contribution < -0.4 is 0 Å². The lowest BCUT2D eigenvalue weighted by atomic mass is 9.96. The minimum Gasteiger partial charge on any atom is -0.342 e. The number of amides is 1. The number of likely N-dealkylation sites (tertiary alicyclic amines) is 2. The van der Waals surface area contributed by atoms with Crippen molar-refractivity contribution in [1.82, 2.24) is 9.80 Å². The third-order valence-corrected chi connectivity index (χ3v) is 5.77. The predicted molar refractivity (Wildman–Crippen MR) is 99.5 cm³/mol. The van der Waals surface area contributed by atoms with Gasteiger partial charge < -0.3 is 4.90 Å². The Kier molecular flexibility index (Phi) is 6.43. The minimum absolute atomic E-state index is 0.142. The Balaban J connectivity index is 1.60. The molecule has 0 spiro atoms. The summed E-state index contributed by atoms with van der Waals surface area (Å²) in [6.45, 7) is 4.55. The fraction of sp³-hybridized carbons (Fsp3) is 0.632. The zero-order valence-corrected chi connectivity index (χ0v) is 15.7. The molecule has 0 N–H and O–H groups in total. The summed E-state index contributed by atoms with van der Waals surface area (Å²) in [7, 11) is 0. The second kappa shape index (κ2) is 8.55. The molecule has 0 bridgehead atoms. The van der Waals surface area contributed by atoms with Crippen molar-refractivity contribution >= 4 is 29.1 Å². The van der Waals surface area contributed by atoms with Gasteiger partial charge in [0.25, 0.3) is 0 Å². The number of hydrogen-bond acceptors (Lipinski definition) is 2. The zero-order valence-electron chi connectivity index (χ0n) is 14.1. The summed E-state index contributed by atoms with van der Waals surface area (Å²) in [6.07, 6.45) is 6.92. The van der Waals surface area contributed by atoms with Crippen molar-refractivity contribution in [2.45, 2.75) is 45.1 Å². The molecule has 3 rings (SSSR count). The first-order chi connectivity index (χ1) is 11.6. The molecular formula is C19H26Cl2N2O. The smallest absolute Gasteiger partial charge is 0.226 e. The average molecular weight is 369 g/mol. The molecule has 132 valence electrons. The van der Waals surface area contributed by atoms with Gasteiger partial charge in [-0.25, -0.2) is 0 Å². The summed E-state index contributed by atoms with van der Waals surface area (Å²) < 4.78 is 0. The lowest BCUT2D eigenvalue weighted by molar-refractivity contribution is -0.137. The SMILES string of the molecule is O=C([C@H]1CCCN(Cc2ccc(Cl)cc2Cl)C1)N1CCCCCC1. The van der Waals surface area contributed by atoms with E-state index in [9.17, 15) is 4.79 Å². The number of nitrogens with zero attached hydrogens (tertiary/aromatic N) is 2. The summed E-state index contributed by atoms with van der Waals surface area (Å²) in [6, 6.07) is 5.67. The monoisotopic (exact) mass is 368 g/mol. The van der Waals surface area contributed by atoms with Gasteiger partial charge >= 0.3 is 0 Å². The molecule has 5 heteroatoms. The van der Waals surface area contributed by atoms with Gasteiger partial charge in [0.1, 0.15) is 0 Å². The largest absolute Gasteiger partial charge is 0.342 e. The zero-order chi connectivity index (χ0) is 16.9. The molecule has 2 heterocycles. The van der Waals surface area contributed by atoms with Crippen molar-refractivity contribution in [3.63, 3.8) is 0 Å². The summed E-state index contributed by atoms with van der Waals surface area (Å²) in [5, 5.41) is 1.38. The quantitative estimate of drug-likeness (QED) is 0.777. The van der Waals surface area contributed by atoms with E-state index in [2.05, 4.69) is 9.80 Å². The molecule has 0 unspecified atom stereocenters. The summed E-state index contributed by atoms with van der Waals surface area (Å²) in [5.41, 5.74) is 1.09. The summed E-state index contributed by atoms with van der Waals surface area (Å²) in [4.78, 5) is 17.3. The van der Waals surface area contributed by atoms with Crippen LogP contribution in [0.15, 0.2) is 18.2 Å². The molecule has 1 aromatic carbocycles. The molecule has 24 heavy (non-hydrogen) atoms. The Bertz CT molecular complexity index is 570. The van der Waals surface area contributed by atoms with E-state index in [0.717, 1.165) is 64.0 Å². The lowest BCUT2D eigenvalue weighted by Crippen LogP contribution is -2.44. The van der Waals surface area contributed by atoms with Crippen LogP contribution in [0.5, 0.6) is 0 Å². The Morgan fingerprint density at radius 1 is 1.04 bits per heavy atom. The van der Waals surface area contributed by atoms with E-state index in [1.807, 2.05) is 12.1 Å². The van der Waals surface area contributed by atoms with Gasteiger partial charge in [0, 0.05) is 36.2 Å². The van der Waals surface area contributed by atoms with Crippen molar-refractivity contribution in [3.8, 4) is 0 Å². The summed E-state index contributed by atoms with van der Waals surface area (Å²) >= 11 is 12.3. The molecule has 1 amide bonds. The van der Waals surface area contributed by atoms with Crippen LogP contribution in [0.25, 0.3) is 0 Å². The normalized spacial score (nSPS) is 23.1. The third kappa shape index (κ3) is 4.65. The highest BCUT2D eigenvalue weighted by Gasteiger charge is 2.29. The van der Waals surface area contributed by atoms with Crippen LogP contribution in [0, 0.1) is 5.92 Å². The predicted octanol–water partition coefficient (Wildman–Crippen LogP) is 4.61. The lowest BCUT2D eigenvalue weighted by Gasteiger charge is -2.35. The summed E-state index contributed by atoms with van der Waals surface area (Å²) in [5.74, 6) is 0.506. The highest BCUT2D eigenvalue weighted by atomic mass is 35.5. The van der Waals surface area contributed by atoms with Crippen LogP contribution in [0.3, 0.4) is 0 Å². The first-order valence-corrected chi connectivity index (χ1v) is 9.84. The number of carbonyl (C=O) groups is 1. The molecular weight excluding hydrogens is 343 g/mol. The topological polar surface area (TPSA) is 23.6 Å². The molecule has 2 aliphatic rings. The molecule has 2 saturated heterocycles. The number of rotatable bonds is 3. The van der Waals surface area contributed by atoms with Gasteiger partial charge in [-0.15, -0.1) is 0 Å². The van der Waals surface area contributed by atoms with Crippen molar-refractivity contribution < 1.29 is 4.79 Å². The van der Waals surface area contributed by atoms with E-state index in [4.69, 9.17) is 23.2 Å². The molecule has 1 aromatic rings. The van der Waals surface area contributed by atoms with Gasteiger partial charge in [-0.2, -0.15) is 0 Å². The van der Waals surface area contributed by atoms with Crippen LogP contribution in [0.1, 0.15) is 44.1 Å². The van der Waals surface area contributed by atoms with Gasteiger partial charge in [-0.1, -0.05) is 42.1 Å². The Hall–Kier alpha value is -0.770. The number of piperidine rings is 1. The fourth-order valence-corrected chi connectivity index (χ4v) is 4.31. The van der Waals surface area contributed by atoms with Crippen LogP contribution >= 0.6 is 23.2 Å². The molecule has 0 aromatic heterocycles. The van der Waals surface area contributed by atoms with E-state index in [-0.39, 0.29) is 5.92 Å². The van der Waals surface area contributed by atoms with Crippen LogP contribution in [-0.4, -0.2) is 41.9 Å². The average Bonchev–Trinajstić information content (AvgIpc) is 2.86. The van der Waals surface area contributed by atoms with E-state index in [1.54, 1.807) is 6.07 Å². The second-order valence-corrected chi connectivity index (χ2v) is 7.89. The van der Waals surface area contributed by atoms with Crippen LogP contribution in [-0.2, 0) is 11.3 Å². The second-order valence-electron chi connectivity index (χ2n) is 7.05. The van der Waals surface area contributed by atoms with Gasteiger partial charge in [0.2, 0.25) is 5.91 Å². The molecule has 2 fully saturated rings.